The van der Waals surface area contributed by atoms with Crippen LogP contribution < -0.4 is 5.32 Å². The number of amides is 1. The molecule has 2 unspecified atom stereocenters. The van der Waals surface area contributed by atoms with E-state index in [1.165, 1.54) is 0 Å². The molecule has 4 nitrogen and oxygen atoms in total. The summed E-state index contributed by atoms with van der Waals surface area (Å²) in [5.41, 5.74) is -0.0993. The lowest BCUT2D eigenvalue weighted by atomic mass is 9.86. The Morgan fingerprint density at radius 2 is 2.09 bits per heavy atom. The fourth-order valence-electron chi connectivity index (χ4n) is 3.02. The van der Waals surface area contributed by atoms with Crippen molar-refractivity contribution in [2.45, 2.75) is 50.9 Å². The van der Waals surface area contributed by atoms with Crippen LogP contribution in [0, 0.1) is 0 Å². The molecule has 1 aliphatic rings. The van der Waals surface area contributed by atoms with E-state index in [-0.39, 0.29) is 5.91 Å². The number of carbonyl (C=O) groups excluding carboxylic acids is 1. The number of ether oxygens (including phenoxy) is 2. The van der Waals surface area contributed by atoms with Crippen LogP contribution in [-0.4, -0.2) is 30.3 Å². The minimum absolute atomic E-state index is 0.0774. The molecule has 0 spiro atoms. The quantitative estimate of drug-likeness (QED) is 0.786. The largest absolute Gasteiger partial charge is 0.374 e. The van der Waals surface area contributed by atoms with Crippen molar-refractivity contribution < 1.29 is 14.3 Å². The highest BCUT2D eigenvalue weighted by molar-refractivity contribution is 5.85. The Morgan fingerprint density at radius 1 is 1.35 bits per heavy atom. The molecule has 0 radical (unpaired) electrons. The van der Waals surface area contributed by atoms with Gasteiger partial charge in [-0.3, -0.25) is 4.79 Å². The molecule has 1 amide bonds. The van der Waals surface area contributed by atoms with E-state index >= 15 is 0 Å². The average molecular weight is 317 g/mol. The monoisotopic (exact) mass is 317 g/mol. The fourth-order valence-corrected chi connectivity index (χ4v) is 3.02. The van der Waals surface area contributed by atoms with Gasteiger partial charge < -0.3 is 14.8 Å². The van der Waals surface area contributed by atoms with E-state index in [1.54, 1.807) is 6.08 Å². The van der Waals surface area contributed by atoms with Gasteiger partial charge in [-0.25, -0.2) is 0 Å². The summed E-state index contributed by atoms with van der Waals surface area (Å²) in [6.45, 7) is 9.00. The molecule has 1 saturated heterocycles. The Morgan fingerprint density at radius 3 is 2.78 bits per heavy atom. The van der Waals surface area contributed by atoms with Gasteiger partial charge in [-0.15, -0.1) is 6.58 Å². The van der Waals surface area contributed by atoms with Crippen molar-refractivity contribution in [1.29, 1.82) is 0 Å². The van der Waals surface area contributed by atoms with E-state index in [1.807, 2.05) is 44.2 Å². The zero-order valence-corrected chi connectivity index (χ0v) is 14.1. The molecule has 126 valence electrons. The first-order valence-electron chi connectivity index (χ1n) is 8.18. The number of rotatable bonds is 7. The number of hydrogen-bond acceptors (Lipinski definition) is 3. The summed E-state index contributed by atoms with van der Waals surface area (Å²) in [5.74, 6) is -0.0774. The first-order valence-corrected chi connectivity index (χ1v) is 8.18. The highest BCUT2D eigenvalue weighted by Crippen LogP contribution is 2.36. The second-order valence-electron chi connectivity index (χ2n) is 6.61. The maximum atomic E-state index is 12.3. The van der Waals surface area contributed by atoms with E-state index in [4.69, 9.17) is 9.47 Å². The summed E-state index contributed by atoms with van der Waals surface area (Å²) in [5, 5.41) is 2.84. The minimum atomic E-state index is -0.799. The van der Waals surface area contributed by atoms with Crippen LogP contribution in [0.2, 0.25) is 0 Å². The Labute approximate surface area is 138 Å². The van der Waals surface area contributed by atoms with Crippen molar-refractivity contribution in [2.75, 3.05) is 13.2 Å². The molecule has 2 rings (SSSR count). The van der Waals surface area contributed by atoms with Gasteiger partial charge in [0.15, 0.2) is 0 Å². The highest BCUT2D eigenvalue weighted by Gasteiger charge is 2.44. The summed E-state index contributed by atoms with van der Waals surface area (Å²) in [6, 6.07) is 10.1. The Balaban J connectivity index is 1.90. The molecule has 0 saturated carbocycles. The van der Waals surface area contributed by atoms with E-state index < -0.39 is 11.2 Å². The van der Waals surface area contributed by atoms with Crippen LogP contribution in [0.15, 0.2) is 43.0 Å². The van der Waals surface area contributed by atoms with Gasteiger partial charge in [-0.1, -0.05) is 36.4 Å². The van der Waals surface area contributed by atoms with Crippen LogP contribution in [-0.2, 0) is 20.9 Å². The lowest BCUT2D eigenvalue weighted by Gasteiger charge is -2.43. The van der Waals surface area contributed by atoms with Crippen molar-refractivity contribution in [3.63, 3.8) is 0 Å². The molecular formula is C19H27NO3. The molecule has 1 fully saturated rings. The van der Waals surface area contributed by atoms with Crippen molar-refractivity contribution in [2.24, 2.45) is 0 Å². The Hall–Kier alpha value is -1.65. The maximum absolute atomic E-state index is 12.3. The Bertz CT molecular complexity index is 531. The number of benzene rings is 1. The van der Waals surface area contributed by atoms with Gasteiger partial charge in [0.2, 0.25) is 0 Å². The normalized spacial score (nSPS) is 27.4. The predicted octanol–water partition coefficient (Wildman–Crippen LogP) is 3.22. The van der Waals surface area contributed by atoms with Crippen LogP contribution in [0.5, 0.6) is 0 Å². The third-order valence-corrected chi connectivity index (χ3v) is 4.24. The summed E-state index contributed by atoms with van der Waals surface area (Å²) in [6.07, 6.45) is 4.24. The van der Waals surface area contributed by atoms with Gasteiger partial charge >= 0.3 is 0 Å². The molecule has 1 aromatic rings. The summed E-state index contributed by atoms with van der Waals surface area (Å²) < 4.78 is 12.0. The molecule has 1 aromatic carbocycles. The van der Waals surface area contributed by atoms with Crippen LogP contribution in [0.3, 0.4) is 0 Å². The topological polar surface area (TPSA) is 47.6 Å². The second kappa shape index (κ2) is 7.75. The number of nitrogens with one attached hydrogen (secondary N) is 1. The molecule has 2 atom stereocenters. The fraction of sp³-hybridized carbons (Fsp3) is 0.526. The van der Waals surface area contributed by atoms with Gasteiger partial charge in [-0.05, 0) is 38.7 Å². The minimum Gasteiger partial charge on any atom is -0.374 e. The maximum Gasteiger partial charge on any atom is 0.252 e. The molecule has 23 heavy (non-hydrogen) atoms. The highest BCUT2D eigenvalue weighted by atomic mass is 16.6. The van der Waals surface area contributed by atoms with Gasteiger partial charge in [0, 0.05) is 6.54 Å². The molecule has 1 heterocycles. The van der Waals surface area contributed by atoms with Gasteiger partial charge in [0.05, 0.1) is 18.8 Å². The van der Waals surface area contributed by atoms with Gasteiger partial charge in [-0.2, -0.15) is 0 Å². The lowest BCUT2D eigenvalue weighted by molar-refractivity contribution is -0.202. The van der Waals surface area contributed by atoms with Crippen molar-refractivity contribution in [1.82, 2.24) is 5.32 Å². The molecule has 0 bridgehead atoms. The van der Waals surface area contributed by atoms with E-state index in [9.17, 15) is 4.79 Å². The standard InChI is InChI=1S/C19H27NO3/c1-4-13-20-17(21)19(3)12-8-11-18(2,23-19)15-22-14-16-9-6-5-7-10-16/h4-7,9-10H,1,8,11-15H2,2-3H3,(H,20,21). The van der Waals surface area contributed by atoms with Crippen molar-refractivity contribution >= 4 is 5.91 Å². The van der Waals surface area contributed by atoms with Gasteiger partial charge in [0.25, 0.3) is 5.91 Å². The number of hydrogen-bond donors (Lipinski definition) is 1. The Kier molecular flexibility index (Phi) is 5.97. The SMILES string of the molecule is C=CCNC(=O)C1(C)CCCC(C)(COCc2ccccc2)O1. The summed E-state index contributed by atoms with van der Waals surface area (Å²) in [4.78, 5) is 12.3. The zero-order chi connectivity index (χ0) is 16.8. The van der Waals surface area contributed by atoms with Crippen LogP contribution in [0.25, 0.3) is 0 Å². The summed E-state index contributed by atoms with van der Waals surface area (Å²) >= 11 is 0. The second-order valence-corrected chi connectivity index (χ2v) is 6.61. The zero-order valence-electron chi connectivity index (χ0n) is 14.1. The molecule has 1 aliphatic heterocycles. The lowest BCUT2D eigenvalue weighted by Crippen LogP contribution is -2.55. The van der Waals surface area contributed by atoms with Crippen LogP contribution in [0.4, 0.5) is 0 Å². The van der Waals surface area contributed by atoms with Crippen molar-refractivity contribution in [3.8, 4) is 0 Å². The third kappa shape index (κ3) is 4.91. The molecule has 1 N–H and O–H groups in total. The van der Waals surface area contributed by atoms with E-state index in [0.29, 0.717) is 19.8 Å². The predicted molar refractivity (Wildman–Crippen MR) is 91.1 cm³/mol. The number of carbonyl (C=O) groups is 1. The molecular weight excluding hydrogens is 290 g/mol. The molecule has 4 heteroatoms. The third-order valence-electron chi connectivity index (χ3n) is 4.24. The first-order chi connectivity index (χ1) is 11.0. The van der Waals surface area contributed by atoms with E-state index in [2.05, 4.69) is 11.9 Å². The van der Waals surface area contributed by atoms with Crippen molar-refractivity contribution in [3.05, 3.63) is 48.6 Å². The van der Waals surface area contributed by atoms with Crippen LogP contribution in [0.1, 0.15) is 38.7 Å². The van der Waals surface area contributed by atoms with E-state index in [0.717, 1.165) is 24.8 Å². The molecule has 0 aliphatic carbocycles. The smallest absolute Gasteiger partial charge is 0.252 e. The summed E-state index contributed by atoms with van der Waals surface area (Å²) in [7, 11) is 0. The first kappa shape index (κ1) is 17.7. The van der Waals surface area contributed by atoms with Gasteiger partial charge in [0.1, 0.15) is 5.60 Å². The average Bonchev–Trinajstić information content (AvgIpc) is 2.53. The molecule has 0 aromatic heterocycles. The van der Waals surface area contributed by atoms with Crippen LogP contribution >= 0.6 is 0 Å².